The zero-order valence-electron chi connectivity index (χ0n) is 9.14. The van der Waals surface area contributed by atoms with Gasteiger partial charge in [-0.25, -0.2) is 0 Å². The lowest BCUT2D eigenvalue weighted by Gasteiger charge is -2.05. The third-order valence-corrected chi connectivity index (χ3v) is 1.66. The van der Waals surface area contributed by atoms with Crippen molar-refractivity contribution in [2.45, 2.75) is 12.8 Å². The molecule has 0 spiro atoms. The molecule has 6 N–H and O–H groups in total. The second-order valence-corrected chi connectivity index (χ2v) is 3.07. The molecule has 7 heteroatoms. The lowest BCUT2D eigenvalue weighted by Crippen LogP contribution is -2.37. The standard InChI is InChI=1S/C9H18N5O2/c1-2-12-8(16)6-14-7(15)4-3-5-13-9(10)11/h1-6H2,(H,12,16)(H,14,15)(H4,10,11,13). The maximum Gasteiger partial charge on any atom is 0.239 e. The van der Waals surface area contributed by atoms with E-state index in [1.54, 1.807) is 0 Å². The number of nitrogens with one attached hydrogen (secondary N) is 4. The normalized spacial score (nSPS) is 9.31. The highest BCUT2D eigenvalue weighted by molar-refractivity contribution is 5.84. The van der Waals surface area contributed by atoms with Crippen LogP contribution in [0.5, 0.6) is 0 Å². The first-order chi connectivity index (χ1) is 7.56. The van der Waals surface area contributed by atoms with Gasteiger partial charge in [0, 0.05) is 19.5 Å². The second kappa shape index (κ2) is 8.51. The van der Waals surface area contributed by atoms with Crippen LogP contribution in [0.3, 0.4) is 0 Å². The summed E-state index contributed by atoms with van der Waals surface area (Å²) in [7, 11) is 0. The maximum atomic E-state index is 11.2. The molecule has 0 aliphatic heterocycles. The number of rotatable bonds is 7. The molecular weight excluding hydrogens is 210 g/mol. The van der Waals surface area contributed by atoms with Crippen molar-refractivity contribution in [3.8, 4) is 0 Å². The van der Waals surface area contributed by atoms with Gasteiger partial charge in [-0.1, -0.05) is 0 Å². The highest BCUT2D eigenvalue weighted by atomic mass is 16.2. The van der Waals surface area contributed by atoms with E-state index in [0.29, 0.717) is 19.5 Å². The number of hydrogen-bond acceptors (Lipinski definition) is 3. The van der Waals surface area contributed by atoms with Crippen molar-refractivity contribution < 1.29 is 9.59 Å². The second-order valence-electron chi connectivity index (χ2n) is 3.07. The molecule has 0 aromatic carbocycles. The molecule has 0 heterocycles. The van der Waals surface area contributed by atoms with E-state index in [-0.39, 0.29) is 30.7 Å². The van der Waals surface area contributed by atoms with Crippen molar-refractivity contribution in [1.29, 1.82) is 5.41 Å². The maximum absolute atomic E-state index is 11.2. The molecule has 0 aliphatic rings. The van der Waals surface area contributed by atoms with Crippen LogP contribution >= 0.6 is 0 Å². The number of guanidine groups is 1. The van der Waals surface area contributed by atoms with E-state index in [9.17, 15) is 9.59 Å². The average Bonchev–Trinajstić information content (AvgIpc) is 2.22. The van der Waals surface area contributed by atoms with E-state index in [1.807, 2.05) is 0 Å². The highest BCUT2D eigenvalue weighted by Crippen LogP contribution is 1.86. The van der Waals surface area contributed by atoms with Crippen LogP contribution in [-0.4, -0.2) is 37.4 Å². The van der Waals surface area contributed by atoms with Crippen LogP contribution in [-0.2, 0) is 9.59 Å². The summed E-state index contributed by atoms with van der Waals surface area (Å²) in [4.78, 5) is 22.1. The van der Waals surface area contributed by atoms with Crippen LogP contribution in [0.25, 0.3) is 0 Å². The van der Waals surface area contributed by atoms with Crippen molar-refractivity contribution in [3.63, 3.8) is 0 Å². The molecule has 0 saturated heterocycles. The summed E-state index contributed by atoms with van der Waals surface area (Å²) >= 11 is 0. The van der Waals surface area contributed by atoms with Gasteiger partial charge >= 0.3 is 0 Å². The van der Waals surface area contributed by atoms with E-state index >= 15 is 0 Å². The highest BCUT2D eigenvalue weighted by Gasteiger charge is 2.03. The Kier molecular flexibility index (Phi) is 7.56. The quantitative estimate of drug-likeness (QED) is 0.203. The predicted octanol–water partition coefficient (Wildman–Crippen LogP) is -1.68. The average molecular weight is 228 g/mol. The first kappa shape index (κ1) is 14.2. The molecule has 0 rings (SSSR count). The zero-order valence-corrected chi connectivity index (χ0v) is 9.14. The summed E-state index contributed by atoms with van der Waals surface area (Å²) < 4.78 is 0. The predicted molar refractivity (Wildman–Crippen MR) is 60.5 cm³/mol. The van der Waals surface area contributed by atoms with E-state index < -0.39 is 0 Å². The minimum atomic E-state index is -0.259. The number of amides is 2. The Hall–Kier alpha value is -1.79. The lowest BCUT2D eigenvalue weighted by molar-refractivity contribution is -0.126. The number of hydrogen-bond donors (Lipinski definition) is 5. The Morgan fingerprint density at radius 2 is 1.88 bits per heavy atom. The molecule has 91 valence electrons. The van der Waals surface area contributed by atoms with Gasteiger partial charge in [0.2, 0.25) is 11.8 Å². The topological polar surface area (TPSA) is 120 Å². The molecule has 0 atom stereocenters. The van der Waals surface area contributed by atoms with Gasteiger partial charge in [0.05, 0.1) is 6.54 Å². The fourth-order valence-corrected chi connectivity index (χ4v) is 0.941. The van der Waals surface area contributed by atoms with E-state index in [1.165, 1.54) is 0 Å². The van der Waals surface area contributed by atoms with Crippen LogP contribution in [0, 0.1) is 12.3 Å². The molecule has 0 unspecified atom stereocenters. The summed E-state index contributed by atoms with van der Waals surface area (Å²) in [6, 6.07) is 0. The Labute approximate surface area is 94.7 Å². The minimum absolute atomic E-state index is 0.0332. The van der Waals surface area contributed by atoms with Crippen molar-refractivity contribution >= 4 is 17.8 Å². The van der Waals surface area contributed by atoms with Crippen LogP contribution in [0.2, 0.25) is 0 Å². The minimum Gasteiger partial charge on any atom is -0.370 e. The number of nitrogens with two attached hydrogens (primary N) is 1. The van der Waals surface area contributed by atoms with E-state index in [0.717, 1.165) is 0 Å². The van der Waals surface area contributed by atoms with Crippen LogP contribution in [0.1, 0.15) is 12.8 Å². The summed E-state index contributed by atoms with van der Waals surface area (Å²) in [6.07, 6.45) is 0.848. The van der Waals surface area contributed by atoms with Gasteiger partial charge in [0.25, 0.3) is 0 Å². The van der Waals surface area contributed by atoms with E-state index in [2.05, 4.69) is 22.9 Å². The summed E-state index contributed by atoms with van der Waals surface area (Å²) in [5.74, 6) is -0.579. The van der Waals surface area contributed by atoms with Gasteiger partial charge < -0.3 is 21.7 Å². The Bertz CT molecular complexity index is 254. The molecule has 2 amide bonds. The zero-order chi connectivity index (χ0) is 12.4. The van der Waals surface area contributed by atoms with Gasteiger partial charge in [0.1, 0.15) is 0 Å². The van der Waals surface area contributed by atoms with Gasteiger partial charge in [-0.15, -0.1) is 0 Å². The molecular formula is C9H18N5O2. The Balaban J connectivity index is 3.44. The fourth-order valence-electron chi connectivity index (χ4n) is 0.941. The Morgan fingerprint density at radius 1 is 1.19 bits per heavy atom. The molecule has 0 saturated carbocycles. The smallest absolute Gasteiger partial charge is 0.239 e. The number of carbonyl (C=O) groups excluding carboxylic acids is 2. The van der Waals surface area contributed by atoms with Crippen LogP contribution in [0.15, 0.2) is 0 Å². The third kappa shape index (κ3) is 8.79. The third-order valence-electron chi connectivity index (χ3n) is 1.66. The van der Waals surface area contributed by atoms with Crippen molar-refractivity contribution in [1.82, 2.24) is 16.0 Å². The summed E-state index contributed by atoms with van der Waals surface area (Å²) in [6.45, 7) is 4.18. The first-order valence-corrected chi connectivity index (χ1v) is 4.96. The molecule has 0 aromatic heterocycles. The largest absolute Gasteiger partial charge is 0.370 e. The summed E-state index contributed by atoms with van der Waals surface area (Å²) in [5, 5.41) is 14.4. The molecule has 0 aromatic rings. The van der Waals surface area contributed by atoms with Crippen molar-refractivity contribution in [2.75, 3.05) is 19.6 Å². The lowest BCUT2D eigenvalue weighted by atomic mass is 10.3. The van der Waals surface area contributed by atoms with Crippen molar-refractivity contribution in [3.05, 3.63) is 6.92 Å². The van der Waals surface area contributed by atoms with Crippen LogP contribution in [0.4, 0.5) is 0 Å². The van der Waals surface area contributed by atoms with Crippen LogP contribution < -0.4 is 21.7 Å². The molecule has 0 fully saturated rings. The molecule has 0 bridgehead atoms. The van der Waals surface area contributed by atoms with Gasteiger partial charge in [-0.3, -0.25) is 15.0 Å². The van der Waals surface area contributed by atoms with Gasteiger partial charge in [-0.05, 0) is 13.3 Å². The monoisotopic (exact) mass is 228 g/mol. The molecule has 7 nitrogen and oxygen atoms in total. The molecule has 0 aliphatic carbocycles. The Morgan fingerprint density at radius 3 is 2.44 bits per heavy atom. The van der Waals surface area contributed by atoms with Crippen molar-refractivity contribution in [2.24, 2.45) is 5.73 Å². The fraction of sp³-hybridized carbons (Fsp3) is 0.556. The first-order valence-electron chi connectivity index (χ1n) is 4.96. The van der Waals surface area contributed by atoms with Gasteiger partial charge in [-0.2, -0.15) is 0 Å². The SMILES string of the molecule is [CH2]CNC(=O)CNC(=O)CCCNC(=N)N. The molecule has 16 heavy (non-hydrogen) atoms. The number of carbonyl (C=O) groups is 2. The summed E-state index contributed by atoms with van der Waals surface area (Å²) in [5.41, 5.74) is 5.05. The molecule has 1 radical (unpaired) electrons. The van der Waals surface area contributed by atoms with Gasteiger partial charge in [0.15, 0.2) is 5.96 Å². The van der Waals surface area contributed by atoms with E-state index in [4.69, 9.17) is 11.1 Å².